The summed E-state index contributed by atoms with van der Waals surface area (Å²) in [5.41, 5.74) is -13.9. The Morgan fingerprint density at radius 2 is 1.39 bits per heavy atom. The number of hydrogen-bond acceptors (Lipinski definition) is 5. The molecule has 210 valence electrons. The highest BCUT2D eigenvalue weighted by Gasteiger charge is 2.57. The number of halogens is 6. The first-order valence-electron chi connectivity index (χ1n) is 11.7. The summed E-state index contributed by atoms with van der Waals surface area (Å²) in [5.74, 6) is 0. The van der Waals surface area contributed by atoms with Crippen LogP contribution in [0.25, 0.3) is 11.6 Å². The molecule has 1 saturated heterocycles. The fraction of sp³-hybridized carbons (Fsp3) is 0.458. The summed E-state index contributed by atoms with van der Waals surface area (Å²) in [4.78, 5) is -4.38. The van der Waals surface area contributed by atoms with Gasteiger partial charge in [-0.15, -0.1) is 0 Å². The average Bonchev–Trinajstić information content (AvgIpc) is 3.17. The second-order valence-corrected chi connectivity index (χ2v) is 13.3. The van der Waals surface area contributed by atoms with E-state index in [4.69, 9.17) is 5.41 Å². The first-order chi connectivity index (χ1) is 17.4. The number of nitrogens with zero attached hydrogens (tertiary/aromatic N) is 1. The van der Waals surface area contributed by atoms with Gasteiger partial charge in [-0.3, -0.25) is 5.41 Å². The fourth-order valence-electron chi connectivity index (χ4n) is 4.80. The van der Waals surface area contributed by atoms with Crippen molar-refractivity contribution in [2.75, 3.05) is 26.7 Å². The molecule has 3 aliphatic rings. The van der Waals surface area contributed by atoms with Crippen molar-refractivity contribution in [2.24, 2.45) is 0 Å². The second kappa shape index (κ2) is 10.3. The Balaban J connectivity index is 0.000000336. The van der Waals surface area contributed by atoms with E-state index < -0.39 is 51.8 Å². The highest BCUT2D eigenvalue weighted by Crippen LogP contribution is 2.47. The average molecular weight is 586 g/mol. The Bertz CT molecular complexity index is 1430. The van der Waals surface area contributed by atoms with Crippen LogP contribution < -0.4 is 0 Å². The molecule has 0 atom stereocenters. The van der Waals surface area contributed by atoms with E-state index in [0.717, 1.165) is 6.08 Å². The van der Waals surface area contributed by atoms with Crippen molar-refractivity contribution >= 4 is 37.0 Å². The normalized spacial score (nSPS) is 19.6. The second-order valence-electron chi connectivity index (χ2n) is 9.52. The molecule has 38 heavy (non-hydrogen) atoms. The van der Waals surface area contributed by atoms with Crippen LogP contribution in [0, 0.1) is 5.41 Å². The van der Waals surface area contributed by atoms with Gasteiger partial charge in [0, 0.05) is 5.57 Å². The van der Waals surface area contributed by atoms with Gasteiger partial charge in [0.15, 0.2) is 0 Å². The molecule has 0 spiro atoms. The van der Waals surface area contributed by atoms with Crippen LogP contribution in [-0.4, -0.2) is 64.7 Å². The van der Waals surface area contributed by atoms with E-state index in [-0.39, 0.29) is 22.8 Å². The highest BCUT2D eigenvalue weighted by atomic mass is 32.2. The number of likely N-dealkylation sites (tertiary alicyclic amines) is 1. The van der Waals surface area contributed by atoms with Crippen molar-refractivity contribution in [3.05, 3.63) is 56.9 Å². The molecule has 4 rings (SSSR count). The zero-order valence-corrected chi connectivity index (χ0v) is 22.2. The number of sulfone groups is 2. The monoisotopic (exact) mass is 585 g/mol. The number of allylic oxidation sites excluding steroid dienone is 4. The number of nitrogens with one attached hydrogen (secondary N) is 1. The summed E-state index contributed by atoms with van der Waals surface area (Å²) in [5, 5.41) is 7.82. The van der Waals surface area contributed by atoms with Gasteiger partial charge in [0.1, 0.15) is 4.91 Å². The van der Waals surface area contributed by atoms with Crippen molar-refractivity contribution in [1.29, 1.82) is 5.41 Å². The van der Waals surface area contributed by atoms with E-state index in [1.54, 1.807) is 0 Å². The molecule has 1 aromatic rings. The summed E-state index contributed by atoms with van der Waals surface area (Å²) in [6, 6.07) is 5.69. The number of alkyl halides is 6. The molecule has 0 radical (unpaired) electrons. The van der Waals surface area contributed by atoms with Crippen LogP contribution in [-0.2, 0) is 19.7 Å². The molecule has 6 nitrogen and oxygen atoms in total. The van der Waals surface area contributed by atoms with Gasteiger partial charge < -0.3 is 4.48 Å². The largest absolute Gasteiger partial charge is 0.502 e. The summed E-state index contributed by atoms with van der Waals surface area (Å²) in [6.45, 7) is 6.53. The van der Waals surface area contributed by atoms with Gasteiger partial charge in [-0.25, -0.2) is 16.8 Å². The minimum absolute atomic E-state index is 0.153. The Labute approximate surface area is 217 Å². The molecule has 0 aromatic heterocycles. The maximum absolute atomic E-state index is 13.0. The summed E-state index contributed by atoms with van der Waals surface area (Å²) >= 11 is 0. The molecule has 1 heterocycles. The van der Waals surface area contributed by atoms with E-state index in [0.29, 0.717) is 0 Å². The van der Waals surface area contributed by atoms with Gasteiger partial charge >= 0.3 is 11.0 Å². The lowest BCUT2D eigenvalue weighted by molar-refractivity contribution is -0.914. The minimum atomic E-state index is -6.58. The number of rotatable bonds is 4. The van der Waals surface area contributed by atoms with E-state index in [2.05, 4.69) is 14.0 Å². The number of benzene rings is 1. The number of piperidine rings is 1. The number of quaternary nitrogens is 1. The third kappa shape index (κ3) is 5.48. The van der Waals surface area contributed by atoms with Crippen LogP contribution in [0.3, 0.4) is 0 Å². The molecule has 1 N–H and O–H groups in total. The molecule has 2 aliphatic carbocycles. The third-order valence-electron chi connectivity index (χ3n) is 6.66. The minimum Gasteiger partial charge on any atom is -0.326 e. The van der Waals surface area contributed by atoms with Crippen LogP contribution in [0.2, 0.25) is 0 Å². The Hall–Kier alpha value is -2.45. The van der Waals surface area contributed by atoms with Crippen molar-refractivity contribution < 1.29 is 47.7 Å². The molecule has 1 fully saturated rings. The molecule has 14 heteroatoms. The molecular weight excluding hydrogens is 558 g/mol. The lowest BCUT2D eigenvalue weighted by Gasteiger charge is -2.37. The molecule has 0 saturated carbocycles. The van der Waals surface area contributed by atoms with Crippen LogP contribution in [0.5, 0.6) is 0 Å². The number of hydrogen-bond donors (Lipinski definition) is 1. The van der Waals surface area contributed by atoms with Crippen molar-refractivity contribution in [1.82, 2.24) is 0 Å². The maximum Gasteiger partial charge on any atom is 0.502 e. The molecule has 1 aromatic carbocycles. The van der Waals surface area contributed by atoms with Gasteiger partial charge in [0.05, 0.1) is 37.3 Å². The molecule has 1 aliphatic heterocycles. The fourth-order valence-corrected chi connectivity index (χ4v) is 7.26. The molecule has 0 unspecified atom stereocenters. The zero-order chi connectivity index (χ0) is 28.7. The Morgan fingerprint density at radius 1 is 0.842 bits per heavy atom. The Kier molecular flexibility index (Phi) is 8.13. The predicted octanol–water partition coefficient (Wildman–Crippen LogP) is 5.61. The third-order valence-corrected chi connectivity index (χ3v) is 9.87. The summed E-state index contributed by atoms with van der Waals surface area (Å²) in [6.07, 6.45) is 7.05. The van der Waals surface area contributed by atoms with Gasteiger partial charge in [-0.1, -0.05) is 31.2 Å². The van der Waals surface area contributed by atoms with Crippen molar-refractivity contribution in [3.63, 3.8) is 0 Å². The first kappa shape index (κ1) is 30.1. The van der Waals surface area contributed by atoms with Gasteiger partial charge in [-0.05, 0) is 54.5 Å². The van der Waals surface area contributed by atoms with Gasteiger partial charge in [0.2, 0.25) is 0 Å². The lowest BCUT2D eigenvalue weighted by Crippen LogP contribution is -2.48. The maximum atomic E-state index is 13.0. The standard InChI is InChI=1S/C15H7F6NO4S2.C9H20N/c16-14(17,18)27(23,24)11-6-9-8-4-2-1-3-7(8)5-10(9)12(22)13(11)28(25,26)15(19,20)21;1-3-7-10(2)8-5-4-6-9-10/h1-6,22H;3-9H2,1-2H3/q;+1. The van der Waals surface area contributed by atoms with Crippen LogP contribution >= 0.6 is 0 Å². The number of fused-ring (bicyclic) bond motifs is 3. The lowest BCUT2D eigenvalue weighted by atomic mass is 9.95. The SMILES string of the molecule is CCC[N+]1(C)CCCCC1.N=C1C2=Cc3ccccc3C2=CC(S(=O)(=O)C(F)(F)F)=C1S(=O)(=O)C(F)(F)F. The molecule has 0 amide bonds. The van der Waals surface area contributed by atoms with E-state index >= 15 is 0 Å². The summed E-state index contributed by atoms with van der Waals surface area (Å²) < 4.78 is 127. The van der Waals surface area contributed by atoms with Crippen LogP contribution in [0.15, 0.2) is 45.7 Å². The van der Waals surface area contributed by atoms with Gasteiger partial charge in [-0.2, -0.15) is 26.3 Å². The topological polar surface area (TPSA) is 92.1 Å². The van der Waals surface area contributed by atoms with E-state index in [9.17, 15) is 43.2 Å². The first-order valence-corrected chi connectivity index (χ1v) is 14.7. The molecule has 0 bridgehead atoms. The van der Waals surface area contributed by atoms with E-state index in [1.165, 1.54) is 74.1 Å². The Morgan fingerprint density at radius 3 is 1.92 bits per heavy atom. The zero-order valence-electron chi connectivity index (χ0n) is 20.6. The van der Waals surface area contributed by atoms with E-state index in [1.807, 2.05) is 0 Å². The molecular formula is C24H27F6N2O4S2+. The van der Waals surface area contributed by atoms with Crippen LogP contribution in [0.1, 0.15) is 43.7 Å². The highest BCUT2D eigenvalue weighted by molar-refractivity contribution is 8.00. The quantitative estimate of drug-likeness (QED) is 0.368. The summed E-state index contributed by atoms with van der Waals surface area (Å²) in [7, 11) is -10.7. The van der Waals surface area contributed by atoms with Crippen molar-refractivity contribution in [2.45, 2.75) is 43.6 Å². The van der Waals surface area contributed by atoms with Crippen molar-refractivity contribution in [3.8, 4) is 0 Å². The predicted molar refractivity (Wildman–Crippen MR) is 132 cm³/mol. The van der Waals surface area contributed by atoms with Crippen LogP contribution in [0.4, 0.5) is 26.3 Å². The smallest absolute Gasteiger partial charge is 0.326 e. The van der Waals surface area contributed by atoms with Gasteiger partial charge in [0.25, 0.3) is 19.7 Å².